The fourth-order valence-electron chi connectivity index (χ4n) is 1.76. The van der Waals surface area contributed by atoms with Gasteiger partial charge in [0, 0.05) is 30.6 Å². The predicted molar refractivity (Wildman–Crippen MR) is 77.7 cm³/mol. The second-order valence-corrected chi connectivity index (χ2v) is 6.17. The summed E-state index contributed by atoms with van der Waals surface area (Å²) in [5, 5.41) is 5.69. The first-order valence-corrected chi connectivity index (χ1v) is 7.34. The van der Waals surface area contributed by atoms with Gasteiger partial charge in [-0.2, -0.15) is 0 Å². The molecule has 0 saturated heterocycles. The summed E-state index contributed by atoms with van der Waals surface area (Å²) < 4.78 is 0. The molecule has 17 heavy (non-hydrogen) atoms. The quantitative estimate of drug-likeness (QED) is 0.752. The van der Waals surface area contributed by atoms with Crippen LogP contribution in [0.2, 0.25) is 0 Å². The molecular weight excluding hydrogens is 228 g/mol. The minimum absolute atomic E-state index is 0.653. The molecule has 3 heteroatoms. The largest absolute Gasteiger partial charge is 0.311 e. The van der Waals surface area contributed by atoms with Gasteiger partial charge in [0.25, 0.3) is 0 Å². The summed E-state index contributed by atoms with van der Waals surface area (Å²) in [6.07, 6.45) is 0. The van der Waals surface area contributed by atoms with Gasteiger partial charge in [-0.15, -0.1) is 11.3 Å². The number of likely N-dealkylation sites (N-methyl/N-ethyl adjacent to an activating group) is 1. The summed E-state index contributed by atoms with van der Waals surface area (Å²) in [4.78, 5) is 3.89. The van der Waals surface area contributed by atoms with Crippen LogP contribution < -0.4 is 5.32 Å². The van der Waals surface area contributed by atoms with Gasteiger partial charge in [0.1, 0.15) is 0 Å². The fraction of sp³-hybridized carbons (Fsp3) is 0.714. The van der Waals surface area contributed by atoms with Crippen molar-refractivity contribution in [3.05, 3.63) is 21.9 Å². The van der Waals surface area contributed by atoms with Crippen molar-refractivity contribution >= 4 is 11.3 Å². The van der Waals surface area contributed by atoms with Crippen LogP contribution >= 0.6 is 11.3 Å². The van der Waals surface area contributed by atoms with Crippen molar-refractivity contribution < 1.29 is 0 Å². The molecule has 0 aliphatic rings. The predicted octanol–water partition coefficient (Wildman–Crippen LogP) is 3.12. The van der Waals surface area contributed by atoms with Gasteiger partial charge >= 0.3 is 0 Å². The Morgan fingerprint density at radius 3 is 2.59 bits per heavy atom. The second kappa shape index (κ2) is 7.14. The number of nitrogens with one attached hydrogen (secondary N) is 1. The standard InChI is InChI=1S/C14H26N2S/c1-11(2)13(4)16(5)8-7-15-10-14-12(3)6-9-17-14/h6,9,11,13,15H,7-8,10H2,1-5H3. The number of nitrogens with zero attached hydrogens (tertiary/aromatic N) is 1. The van der Waals surface area contributed by atoms with E-state index in [0.717, 1.165) is 25.6 Å². The lowest BCUT2D eigenvalue weighted by Gasteiger charge is -2.27. The normalized spacial score (nSPS) is 13.6. The van der Waals surface area contributed by atoms with Gasteiger partial charge in [0.15, 0.2) is 0 Å². The van der Waals surface area contributed by atoms with Gasteiger partial charge < -0.3 is 10.2 Å². The van der Waals surface area contributed by atoms with E-state index in [1.165, 1.54) is 10.4 Å². The molecule has 98 valence electrons. The molecule has 1 unspecified atom stereocenters. The van der Waals surface area contributed by atoms with Crippen LogP contribution in [-0.4, -0.2) is 31.1 Å². The van der Waals surface area contributed by atoms with E-state index in [1.807, 2.05) is 11.3 Å². The zero-order valence-electron chi connectivity index (χ0n) is 11.8. The van der Waals surface area contributed by atoms with Crippen LogP contribution in [0.4, 0.5) is 0 Å². The molecule has 1 N–H and O–H groups in total. The Morgan fingerprint density at radius 2 is 2.06 bits per heavy atom. The van der Waals surface area contributed by atoms with E-state index in [-0.39, 0.29) is 0 Å². The number of thiophene rings is 1. The van der Waals surface area contributed by atoms with Crippen LogP contribution in [0.3, 0.4) is 0 Å². The SMILES string of the molecule is Cc1ccsc1CNCCN(C)C(C)C(C)C. The molecule has 0 amide bonds. The zero-order chi connectivity index (χ0) is 12.8. The van der Waals surface area contributed by atoms with Crippen LogP contribution in [0, 0.1) is 12.8 Å². The van der Waals surface area contributed by atoms with Crippen LogP contribution in [-0.2, 0) is 6.54 Å². The molecule has 0 spiro atoms. The molecule has 1 atom stereocenters. The van der Waals surface area contributed by atoms with Gasteiger partial charge in [-0.05, 0) is 43.8 Å². The summed E-state index contributed by atoms with van der Waals surface area (Å²) in [7, 11) is 2.21. The highest BCUT2D eigenvalue weighted by Gasteiger charge is 2.11. The van der Waals surface area contributed by atoms with Crippen molar-refractivity contribution in [2.75, 3.05) is 20.1 Å². The molecule has 2 nitrogen and oxygen atoms in total. The molecule has 1 aromatic rings. The zero-order valence-corrected chi connectivity index (χ0v) is 12.6. The minimum atomic E-state index is 0.653. The highest BCUT2D eigenvalue weighted by molar-refractivity contribution is 7.10. The lowest BCUT2D eigenvalue weighted by Crippen LogP contribution is -2.37. The highest BCUT2D eigenvalue weighted by Crippen LogP contribution is 2.14. The van der Waals surface area contributed by atoms with Gasteiger partial charge in [-0.25, -0.2) is 0 Å². The summed E-state index contributed by atoms with van der Waals surface area (Å²) in [6.45, 7) is 12.2. The van der Waals surface area contributed by atoms with Crippen molar-refractivity contribution in [1.29, 1.82) is 0 Å². The Labute approximate surface area is 110 Å². The van der Waals surface area contributed by atoms with E-state index >= 15 is 0 Å². The smallest absolute Gasteiger partial charge is 0.0302 e. The van der Waals surface area contributed by atoms with E-state index in [9.17, 15) is 0 Å². The van der Waals surface area contributed by atoms with Gasteiger partial charge in [0.05, 0.1) is 0 Å². The Balaban J connectivity index is 2.18. The first kappa shape index (κ1) is 14.7. The average Bonchev–Trinajstić information content (AvgIpc) is 2.69. The molecule has 0 aromatic carbocycles. The maximum absolute atomic E-state index is 3.52. The summed E-state index contributed by atoms with van der Waals surface area (Å²) in [5.74, 6) is 0.722. The van der Waals surface area contributed by atoms with E-state index < -0.39 is 0 Å². The molecular formula is C14H26N2S. The number of rotatable bonds is 7. The van der Waals surface area contributed by atoms with E-state index in [0.29, 0.717) is 6.04 Å². The number of hydrogen-bond acceptors (Lipinski definition) is 3. The Morgan fingerprint density at radius 1 is 1.35 bits per heavy atom. The van der Waals surface area contributed by atoms with Crippen molar-refractivity contribution in [3.63, 3.8) is 0 Å². The van der Waals surface area contributed by atoms with Crippen molar-refractivity contribution in [2.45, 2.75) is 40.3 Å². The van der Waals surface area contributed by atoms with E-state index in [4.69, 9.17) is 0 Å². The molecule has 0 saturated carbocycles. The highest BCUT2D eigenvalue weighted by atomic mass is 32.1. The monoisotopic (exact) mass is 254 g/mol. The maximum atomic E-state index is 3.52. The summed E-state index contributed by atoms with van der Waals surface area (Å²) in [5.41, 5.74) is 1.41. The molecule has 0 aliphatic carbocycles. The summed E-state index contributed by atoms with van der Waals surface area (Å²) in [6, 6.07) is 2.84. The molecule has 1 rings (SSSR count). The lowest BCUT2D eigenvalue weighted by molar-refractivity contribution is 0.208. The van der Waals surface area contributed by atoms with Crippen molar-refractivity contribution in [1.82, 2.24) is 10.2 Å². The third-order valence-electron chi connectivity index (χ3n) is 3.56. The number of aryl methyl sites for hydroxylation is 1. The molecule has 1 heterocycles. The first-order chi connectivity index (χ1) is 8.02. The van der Waals surface area contributed by atoms with Crippen LogP contribution in [0.15, 0.2) is 11.4 Å². The fourth-order valence-corrected chi connectivity index (χ4v) is 2.63. The van der Waals surface area contributed by atoms with Gasteiger partial charge in [0.2, 0.25) is 0 Å². The third-order valence-corrected chi connectivity index (χ3v) is 4.58. The Bertz CT molecular complexity index is 320. The second-order valence-electron chi connectivity index (χ2n) is 5.17. The van der Waals surface area contributed by atoms with Gasteiger partial charge in [-0.3, -0.25) is 0 Å². The maximum Gasteiger partial charge on any atom is 0.0302 e. The summed E-state index contributed by atoms with van der Waals surface area (Å²) >= 11 is 1.84. The molecule has 0 aliphatic heterocycles. The average molecular weight is 254 g/mol. The van der Waals surface area contributed by atoms with Crippen LogP contribution in [0.25, 0.3) is 0 Å². The van der Waals surface area contributed by atoms with E-state index in [2.05, 4.69) is 56.4 Å². The van der Waals surface area contributed by atoms with Crippen molar-refractivity contribution in [3.8, 4) is 0 Å². The van der Waals surface area contributed by atoms with Crippen molar-refractivity contribution in [2.24, 2.45) is 5.92 Å². The molecule has 1 aromatic heterocycles. The Hall–Kier alpha value is -0.380. The topological polar surface area (TPSA) is 15.3 Å². The Kier molecular flexibility index (Phi) is 6.17. The van der Waals surface area contributed by atoms with Gasteiger partial charge in [-0.1, -0.05) is 13.8 Å². The third kappa shape index (κ3) is 4.78. The minimum Gasteiger partial charge on any atom is -0.311 e. The molecule has 0 bridgehead atoms. The van der Waals surface area contributed by atoms with Crippen LogP contribution in [0.5, 0.6) is 0 Å². The molecule has 0 radical (unpaired) electrons. The first-order valence-electron chi connectivity index (χ1n) is 6.46. The van der Waals surface area contributed by atoms with Crippen LogP contribution in [0.1, 0.15) is 31.2 Å². The molecule has 0 fully saturated rings. The lowest BCUT2D eigenvalue weighted by atomic mass is 10.1. The number of hydrogen-bond donors (Lipinski definition) is 1. The van der Waals surface area contributed by atoms with E-state index in [1.54, 1.807) is 0 Å².